The molecule has 2 aromatic carbocycles. The highest BCUT2D eigenvalue weighted by molar-refractivity contribution is 6.07. The van der Waals surface area contributed by atoms with E-state index in [9.17, 15) is 14.3 Å². The highest BCUT2D eigenvalue weighted by Crippen LogP contribution is 2.42. The van der Waals surface area contributed by atoms with Gasteiger partial charge in [-0.05, 0) is 73.2 Å². The van der Waals surface area contributed by atoms with Gasteiger partial charge in [0.25, 0.3) is 5.91 Å². The molecule has 0 radical (unpaired) electrons. The molecule has 0 bridgehead atoms. The van der Waals surface area contributed by atoms with Crippen LogP contribution in [0.5, 0.6) is 0 Å². The van der Waals surface area contributed by atoms with Crippen LogP contribution in [0.25, 0.3) is 22.4 Å². The van der Waals surface area contributed by atoms with Crippen LogP contribution in [0.4, 0.5) is 4.39 Å². The van der Waals surface area contributed by atoms with Crippen LogP contribution in [0.2, 0.25) is 0 Å². The lowest BCUT2D eigenvalue weighted by molar-refractivity contribution is 0.0966. The first-order chi connectivity index (χ1) is 18.3. The van der Waals surface area contributed by atoms with Crippen LogP contribution in [0.1, 0.15) is 55.6 Å². The van der Waals surface area contributed by atoms with Crippen molar-refractivity contribution in [2.75, 3.05) is 0 Å². The summed E-state index contributed by atoms with van der Waals surface area (Å²) in [6.45, 7) is 14.1. The number of rotatable bonds is 12. The zero-order valence-corrected chi connectivity index (χ0v) is 22.5. The normalized spacial score (nSPS) is 12.6. The van der Waals surface area contributed by atoms with Crippen molar-refractivity contribution in [2.24, 2.45) is 0 Å². The van der Waals surface area contributed by atoms with Crippen LogP contribution >= 0.6 is 0 Å². The molecule has 0 aliphatic carbocycles. The van der Waals surface area contributed by atoms with Crippen molar-refractivity contribution in [1.29, 1.82) is 0 Å². The molecule has 0 saturated heterocycles. The number of aliphatic hydroxyl groups is 1. The Morgan fingerprint density at radius 2 is 1.76 bits per heavy atom. The molecule has 1 heterocycles. The van der Waals surface area contributed by atoms with Crippen molar-refractivity contribution >= 4 is 5.91 Å². The third kappa shape index (κ3) is 6.67. The molecule has 0 aliphatic rings. The van der Waals surface area contributed by atoms with Gasteiger partial charge in [0, 0.05) is 23.5 Å². The Kier molecular flexibility index (Phi) is 10.2. The van der Waals surface area contributed by atoms with Crippen LogP contribution in [0, 0.1) is 5.82 Å². The smallest absolute Gasteiger partial charge is 0.258 e. The molecule has 5 heteroatoms. The lowest BCUT2D eigenvalue weighted by atomic mass is 9.94. The number of halogens is 1. The van der Waals surface area contributed by atoms with E-state index in [1.165, 1.54) is 12.1 Å². The van der Waals surface area contributed by atoms with E-state index in [2.05, 4.69) is 36.9 Å². The number of aromatic nitrogens is 1. The quantitative estimate of drug-likeness (QED) is 0.192. The Morgan fingerprint density at radius 1 is 1.08 bits per heavy atom. The second kappa shape index (κ2) is 13.5. The van der Waals surface area contributed by atoms with Crippen molar-refractivity contribution in [2.45, 2.75) is 52.2 Å². The van der Waals surface area contributed by atoms with Gasteiger partial charge >= 0.3 is 0 Å². The van der Waals surface area contributed by atoms with Crippen molar-refractivity contribution < 1.29 is 14.3 Å². The number of benzene rings is 2. The van der Waals surface area contributed by atoms with Gasteiger partial charge < -0.3 is 15.0 Å². The summed E-state index contributed by atoms with van der Waals surface area (Å²) in [5.74, 6) is -0.603. The Labute approximate surface area is 225 Å². The number of nitrogens with zero attached hydrogens (tertiary/aromatic N) is 1. The van der Waals surface area contributed by atoms with Crippen molar-refractivity contribution in [1.82, 2.24) is 9.88 Å². The number of carbonyl (C=O) groups excluding carboxylic acids is 1. The van der Waals surface area contributed by atoms with Crippen LogP contribution in [0.15, 0.2) is 104 Å². The number of aliphatic hydroxyl groups excluding tert-OH is 1. The zero-order chi connectivity index (χ0) is 27.7. The maximum absolute atomic E-state index is 14.0. The van der Waals surface area contributed by atoms with Gasteiger partial charge in [-0.2, -0.15) is 0 Å². The average Bonchev–Trinajstić information content (AvgIpc) is 3.26. The maximum atomic E-state index is 14.0. The fourth-order valence-electron chi connectivity index (χ4n) is 4.64. The molecule has 3 aromatic rings. The Hall–Kier alpha value is -3.96. The van der Waals surface area contributed by atoms with Crippen molar-refractivity contribution in [3.05, 3.63) is 121 Å². The summed E-state index contributed by atoms with van der Waals surface area (Å²) >= 11 is 0. The standard InChI is InChI=1S/C33H37FN2O2/c1-6-9-16-27(8-3)35-33(38)30-29(24-14-11-10-12-15-24)32(25-17-19-26(34)20-18-25)36(31(30)23(4)5)22-21-28(37)13-7-2/h6-12,14-20,23,28,37H,2-3,13,21-22H2,1,4-5H3,(H,35,38)/b9-6-,27-16+. The number of allylic oxidation sites excluding steroid dienone is 4. The van der Waals surface area contributed by atoms with E-state index in [1.54, 1.807) is 30.4 Å². The number of amides is 1. The molecule has 0 spiro atoms. The van der Waals surface area contributed by atoms with Gasteiger partial charge in [0.05, 0.1) is 17.4 Å². The SMILES string of the molecule is C=CCC(O)CCn1c(-c2ccc(F)cc2)c(-c2ccccc2)c(C(=O)N/C(C=C)=C/C=C\C)c1C(C)C. The molecule has 38 heavy (non-hydrogen) atoms. The van der Waals surface area contributed by atoms with Crippen molar-refractivity contribution in [3.8, 4) is 22.4 Å². The largest absolute Gasteiger partial charge is 0.393 e. The molecule has 1 atom stereocenters. The molecule has 2 N–H and O–H groups in total. The van der Waals surface area contributed by atoms with Crippen LogP contribution in [0.3, 0.4) is 0 Å². The Morgan fingerprint density at radius 3 is 2.34 bits per heavy atom. The molecular formula is C33H37FN2O2. The van der Waals surface area contributed by atoms with E-state index in [-0.39, 0.29) is 17.6 Å². The molecular weight excluding hydrogens is 475 g/mol. The van der Waals surface area contributed by atoms with E-state index in [0.717, 1.165) is 28.1 Å². The molecule has 0 fully saturated rings. The van der Waals surface area contributed by atoms with Gasteiger partial charge in [0.1, 0.15) is 5.82 Å². The number of hydrogen-bond acceptors (Lipinski definition) is 2. The molecule has 0 aliphatic heterocycles. The average molecular weight is 513 g/mol. The van der Waals surface area contributed by atoms with E-state index in [1.807, 2.05) is 49.4 Å². The third-order valence-corrected chi connectivity index (χ3v) is 6.33. The topological polar surface area (TPSA) is 54.3 Å². The van der Waals surface area contributed by atoms with Gasteiger partial charge in [-0.25, -0.2) is 4.39 Å². The highest BCUT2D eigenvalue weighted by atomic mass is 19.1. The summed E-state index contributed by atoms with van der Waals surface area (Å²) in [5, 5.41) is 13.6. The van der Waals surface area contributed by atoms with E-state index in [4.69, 9.17) is 0 Å². The number of hydrogen-bond donors (Lipinski definition) is 2. The minimum atomic E-state index is -0.565. The molecule has 4 nitrogen and oxygen atoms in total. The van der Waals surface area contributed by atoms with Gasteiger partial charge in [-0.3, -0.25) is 4.79 Å². The molecule has 198 valence electrons. The predicted octanol–water partition coefficient (Wildman–Crippen LogP) is 7.79. The van der Waals surface area contributed by atoms with Gasteiger partial charge in [-0.15, -0.1) is 6.58 Å². The third-order valence-electron chi connectivity index (χ3n) is 6.33. The maximum Gasteiger partial charge on any atom is 0.258 e. The minimum absolute atomic E-state index is 0.0179. The molecule has 3 rings (SSSR count). The van der Waals surface area contributed by atoms with Gasteiger partial charge in [0.2, 0.25) is 0 Å². The lowest BCUT2D eigenvalue weighted by Crippen LogP contribution is -2.24. The summed E-state index contributed by atoms with van der Waals surface area (Å²) < 4.78 is 16.1. The fraction of sp³-hybridized carbons (Fsp3) is 0.242. The summed E-state index contributed by atoms with van der Waals surface area (Å²) in [7, 11) is 0. The van der Waals surface area contributed by atoms with Crippen LogP contribution in [-0.2, 0) is 6.54 Å². The second-order valence-corrected chi connectivity index (χ2v) is 9.44. The van der Waals surface area contributed by atoms with E-state index < -0.39 is 6.10 Å². The highest BCUT2D eigenvalue weighted by Gasteiger charge is 2.30. The number of nitrogens with one attached hydrogen (secondary N) is 1. The van der Waals surface area contributed by atoms with Gasteiger partial charge in [0.15, 0.2) is 0 Å². The summed E-state index contributed by atoms with van der Waals surface area (Å²) in [6, 6.07) is 16.1. The molecule has 0 saturated carbocycles. The van der Waals surface area contributed by atoms with Crippen molar-refractivity contribution in [3.63, 3.8) is 0 Å². The molecule has 1 aromatic heterocycles. The Balaban J connectivity index is 2.37. The lowest BCUT2D eigenvalue weighted by Gasteiger charge is -2.19. The van der Waals surface area contributed by atoms with Crippen LogP contribution in [-0.4, -0.2) is 21.7 Å². The minimum Gasteiger partial charge on any atom is -0.393 e. The fourth-order valence-corrected chi connectivity index (χ4v) is 4.64. The summed E-state index contributed by atoms with van der Waals surface area (Å²) in [6.07, 6.45) is 9.21. The van der Waals surface area contributed by atoms with Gasteiger partial charge in [-0.1, -0.05) is 69.0 Å². The monoisotopic (exact) mass is 512 g/mol. The number of carbonyl (C=O) groups is 1. The molecule has 1 unspecified atom stereocenters. The van der Waals surface area contributed by atoms with Crippen LogP contribution < -0.4 is 5.32 Å². The second-order valence-electron chi connectivity index (χ2n) is 9.44. The predicted molar refractivity (Wildman–Crippen MR) is 155 cm³/mol. The summed E-state index contributed by atoms with van der Waals surface area (Å²) in [5.41, 5.74) is 5.23. The van der Waals surface area contributed by atoms with E-state index in [0.29, 0.717) is 30.6 Å². The first-order valence-electron chi connectivity index (χ1n) is 13.0. The Bertz CT molecular complexity index is 1320. The first-order valence-corrected chi connectivity index (χ1v) is 13.0. The first kappa shape index (κ1) is 28.6. The summed E-state index contributed by atoms with van der Waals surface area (Å²) in [4.78, 5) is 14.0. The molecule has 1 amide bonds. The van der Waals surface area contributed by atoms with E-state index >= 15 is 0 Å². The zero-order valence-electron chi connectivity index (χ0n) is 22.5.